The van der Waals surface area contributed by atoms with Crippen molar-refractivity contribution in [2.24, 2.45) is 0 Å². The second kappa shape index (κ2) is 8.11. The van der Waals surface area contributed by atoms with Gasteiger partial charge in [0.1, 0.15) is 5.75 Å². The van der Waals surface area contributed by atoms with Crippen LogP contribution in [0.3, 0.4) is 0 Å². The Bertz CT molecular complexity index is 674. The van der Waals surface area contributed by atoms with Crippen molar-refractivity contribution in [2.45, 2.75) is 18.8 Å². The summed E-state index contributed by atoms with van der Waals surface area (Å²) >= 11 is 0. The molecule has 8 nitrogen and oxygen atoms in total. The van der Waals surface area contributed by atoms with Gasteiger partial charge in [0.25, 0.3) is 0 Å². The Morgan fingerprint density at radius 3 is 2.88 bits per heavy atom. The van der Waals surface area contributed by atoms with Crippen molar-refractivity contribution in [3.05, 3.63) is 53.8 Å². The fraction of sp³-hybridized carbons (Fsp3) is 0.412. The van der Waals surface area contributed by atoms with Gasteiger partial charge < -0.3 is 29.0 Å². The molecule has 25 heavy (non-hydrogen) atoms. The summed E-state index contributed by atoms with van der Waals surface area (Å²) in [7, 11) is 1.60. The summed E-state index contributed by atoms with van der Waals surface area (Å²) in [5.41, 5.74) is 0.922. The van der Waals surface area contributed by atoms with E-state index in [0.29, 0.717) is 0 Å². The van der Waals surface area contributed by atoms with Gasteiger partial charge in [0.15, 0.2) is 0 Å². The van der Waals surface area contributed by atoms with E-state index in [1.807, 2.05) is 28.8 Å². The smallest absolute Gasteiger partial charge is 0.310 e. The van der Waals surface area contributed by atoms with Gasteiger partial charge in [-0.05, 0) is 17.7 Å². The van der Waals surface area contributed by atoms with Crippen LogP contribution in [0, 0.1) is 5.21 Å². The molecule has 1 fully saturated rings. The Balaban J connectivity index is 1.70. The monoisotopic (exact) mass is 346 g/mol. The second-order valence-electron chi connectivity index (χ2n) is 5.68. The molecule has 0 spiro atoms. The molecule has 2 unspecified atom stereocenters. The normalized spacial score (nSPS) is 19.4. The maximum absolute atomic E-state index is 12.3. The quantitative estimate of drug-likeness (QED) is 0.734. The largest absolute Gasteiger partial charge is 0.785 e. The van der Waals surface area contributed by atoms with Gasteiger partial charge in [0.05, 0.1) is 32.5 Å². The summed E-state index contributed by atoms with van der Waals surface area (Å²) < 4.78 is 17.6. The SMILES string of the molecule is COc1ccc(C(CC(=O)OC2CN([O-])CCO2)n2ccnc2)cc1. The average molecular weight is 346 g/mol. The zero-order chi connectivity index (χ0) is 17.6. The number of carbonyl (C=O) groups excluding carboxylic acids is 1. The van der Waals surface area contributed by atoms with E-state index in [1.165, 1.54) is 0 Å². The third-order valence-corrected chi connectivity index (χ3v) is 4.01. The highest BCUT2D eigenvalue weighted by molar-refractivity contribution is 5.70. The lowest BCUT2D eigenvalue weighted by molar-refractivity contribution is -0.191. The minimum Gasteiger partial charge on any atom is -0.785 e. The average Bonchev–Trinajstić information content (AvgIpc) is 3.14. The Kier molecular flexibility index (Phi) is 5.64. The number of nitrogens with zero attached hydrogens (tertiary/aromatic N) is 3. The molecule has 0 amide bonds. The van der Waals surface area contributed by atoms with Gasteiger partial charge >= 0.3 is 5.97 Å². The molecule has 1 saturated heterocycles. The van der Waals surface area contributed by atoms with E-state index in [4.69, 9.17) is 14.2 Å². The van der Waals surface area contributed by atoms with Crippen LogP contribution in [0.15, 0.2) is 43.0 Å². The van der Waals surface area contributed by atoms with Gasteiger partial charge in [0.2, 0.25) is 6.29 Å². The third kappa shape index (κ3) is 4.56. The Morgan fingerprint density at radius 2 is 2.24 bits per heavy atom. The molecule has 2 atom stereocenters. The molecule has 0 N–H and O–H groups in total. The van der Waals surface area contributed by atoms with Crippen LogP contribution in [0.25, 0.3) is 0 Å². The summed E-state index contributed by atoms with van der Waals surface area (Å²) in [6.45, 7) is 0.576. The fourth-order valence-corrected chi connectivity index (χ4v) is 2.70. The summed E-state index contributed by atoms with van der Waals surface area (Å²) in [6.07, 6.45) is 4.37. The number of morpholine rings is 1. The molecular formula is C17H20N3O5-. The van der Waals surface area contributed by atoms with Crippen LogP contribution in [0.5, 0.6) is 5.75 Å². The molecule has 134 valence electrons. The number of carbonyl (C=O) groups is 1. The van der Waals surface area contributed by atoms with Gasteiger partial charge in [-0.15, -0.1) is 0 Å². The maximum Gasteiger partial charge on any atom is 0.310 e. The van der Waals surface area contributed by atoms with Gasteiger partial charge in [-0.3, -0.25) is 4.79 Å². The maximum atomic E-state index is 12.3. The zero-order valence-corrected chi connectivity index (χ0v) is 13.9. The van der Waals surface area contributed by atoms with E-state index in [1.54, 1.807) is 25.8 Å². The summed E-state index contributed by atoms with van der Waals surface area (Å²) in [5.74, 6) is 0.302. The van der Waals surface area contributed by atoms with Crippen molar-refractivity contribution in [2.75, 3.05) is 26.8 Å². The lowest BCUT2D eigenvalue weighted by Crippen LogP contribution is -2.41. The lowest BCUT2D eigenvalue weighted by Gasteiger charge is -2.36. The van der Waals surface area contributed by atoms with Crippen LogP contribution in [0.4, 0.5) is 0 Å². The van der Waals surface area contributed by atoms with Gasteiger partial charge in [-0.25, -0.2) is 4.98 Å². The first-order valence-corrected chi connectivity index (χ1v) is 8.00. The predicted octanol–water partition coefficient (Wildman–Crippen LogP) is 1.57. The van der Waals surface area contributed by atoms with Crippen molar-refractivity contribution in [3.63, 3.8) is 0 Å². The molecule has 2 heterocycles. The Morgan fingerprint density at radius 1 is 1.44 bits per heavy atom. The van der Waals surface area contributed by atoms with Gasteiger partial charge in [0, 0.05) is 25.5 Å². The van der Waals surface area contributed by atoms with Crippen molar-refractivity contribution < 1.29 is 19.0 Å². The van der Waals surface area contributed by atoms with E-state index in [-0.39, 0.29) is 32.2 Å². The highest BCUT2D eigenvalue weighted by Gasteiger charge is 2.23. The van der Waals surface area contributed by atoms with E-state index < -0.39 is 12.3 Å². The van der Waals surface area contributed by atoms with Crippen LogP contribution in [-0.4, -0.2) is 53.7 Å². The first kappa shape index (κ1) is 17.4. The lowest BCUT2D eigenvalue weighted by atomic mass is 10.0. The topological polar surface area (TPSA) is 88.9 Å². The van der Waals surface area contributed by atoms with Crippen molar-refractivity contribution in [1.29, 1.82) is 0 Å². The first-order chi connectivity index (χ1) is 12.2. The molecule has 8 heteroatoms. The number of hydrogen-bond donors (Lipinski definition) is 0. The number of aromatic nitrogens is 2. The number of methoxy groups -OCH3 is 1. The molecule has 0 radical (unpaired) electrons. The molecule has 0 bridgehead atoms. The molecule has 1 aromatic heterocycles. The first-order valence-electron chi connectivity index (χ1n) is 8.00. The van der Waals surface area contributed by atoms with Crippen molar-refractivity contribution in [1.82, 2.24) is 14.6 Å². The molecule has 0 aliphatic carbocycles. The number of imidazole rings is 1. The molecule has 0 saturated carbocycles. The van der Waals surface area contributed by atoms with E-state index in [9.17, 15) is 10.0 Å². The molecule has 1 aromatic carbocycles. The predicted molar refractivity (Wildman–Crippen MR) is 88.7 cm³/mol. The third-order valence-electron chi connectivity index (χ3n) is 4.01. The summed E-state index contributed by atoms with van der Waals surface area (Å²) in [4.78, 5) is 16.4. The number of ether oxygens (including phenoxy) is 3. The highest BCUT2D eigenvalue weighted by atomic mass is 16.7. The van der Waals surface area contributed by atoms with Crippen LogP contribution in [-0.2, 0) is 14.3 Å². The Labute approximate surface area is 145 Å². The second-order valence-corrected chi connectivity index (χ2v) is 5.68. The number of hydroxylamine groups is 2. The number of rotatable bonds is 6. The number of esters is 1. The number of benzene rings is 1. The van der Waals surface area contributed by atoms with Gasteiger partial charge in [-0.1, -0.05) is 12.1 Å². The van der Waals surface area contributed by atoms with Crippen LogP contribution >= 0.6 is 0 Å². The molecular weight excluding hydrogens is 326 g/mol. The zero-order valence-electron chi connectivity index (χ0n) is 13.9. The molecule has 3 rings (SSSR count). The van der Waals surface area contributed by atoms with Crippen LogP contribution in [0.1, 0.15) is 18.0 Å². The minimum atomic E-state index is -0.821. The van der Waals surface area contributed by atoms with Crippen LogP contribution in [0.2, 0.25) is 0 Å². The molecule has 2 aromatic rings. The van der Waals surface area contributed by atoms with Crippen LogP contribution < -0.4 is 4.74 Å². The molecule has 1 aliphatic rings. The summed E-state index contributed by atoms with van der Waals surface area (Å²) in [6, 6.07) is 7.20. The number of hydrogen-bond acceptors (Lipinski definition) is 7. The molecule has 1 aliphatic heterocycles. The fourth-order valence-electron chi connectivity index (χ4n) is 2.70. The van der Waals surface area contributed by atoms with E-state index >= 15 is 0 Å². The highest BCUT2D eigenvalue weighted by Crippen LogP contribution is 2.25. The van der Waals surface area contributed by atoms with Gasteiger partial charge in [-0.2, -0.15) is 0 Å². The van der Waals surface area contributed by atoms with E-state index in [2.05, 4.69) is 4.98 Å². The minimum absolute atomic E-state index is 0.0318. The summed E-state index contributed by atoms with van der Waals surface area (Å²) in [5, 5.41) is 12.2. The standard InChI is InChI=1S/C17H20N3O5/c1-23-14-4-2-13(3-5-14)15(19-7-6-18-12-19)10-16(21)25-17-11-20(22)8-9-24-17/h2-7,12,15,17H,8-11H2,1H3/q-1. The van der Waals surface area contributed by atoms with Crippen molar-refractivity contribution >= 4 is 5.97 Å². The van der Waals surface area contributed by atoms with E-state index in [0.717, 1.165) is 16.4 Å². The Hall–Kier alpha value is -2.42. The van der Waals surface area contributed by atoms with Crippen molar-refractivity contribution in [3.8, 4) is 5.75 Å².